The molecule has 14 unspecified atom stereocenters. The average molecular weight is 1800 g/mol. The van der Waals surface area contributed by atoms with Crippen LogP contribution in [0.15, 0.2) is 12.2 Å². The predicted molar refractivity (Wildman–Crippen MR) is 434 cm³/mol. The summed E-state index contributed by atoms with van der Waals surface area (Å²) in [4.78, 5) is 39.5. The zero-order valence-corrected chi connectivity index (χ0v) is 72.6. The number of amides is 3. The molecule has 7 heterocycles. The Balaban J connectivity index is 0.983. The molecule has 7 fully saturated rings. The van der Waals surface area contributed by atoms with Crippen LogP contribution in [0, 0.1) is 0 Å². The molecule has 724 valence electrons. The van der Waals surface area contributed by atoms with Crippen molar-refractivity contribution in [1.82, 2.24) is 16.0 Å². The number of allylic oxidation sites excluding steroid dienone is 1. The minimum atomic E-state index is -2.29. The van der Waals surface area contributed by atoms with Crippen molar-refractivity contribution in [2.45, 2.75) is 454 Å². The first kappa shape index (κ1) is 108. The zero-order valence-electron chi connectivity index (χ0n) is 72.6. The summed E-state index contributed by atoms with van der Waals surface area (Å²) in [7, 11) is 0. The lowest BCUT2D eigenvalue weighted by molar-refractivity contribution is -0.387. The Hall–Kier alpha value is -3.21. The van der Waals surface area contributed by atoms with Crippen LogP contribution in [-0.2, 0) is 80.7 Å². The summed E-state index contributed by atoms with van der Waals surface area (Å²) in [5, 5.41) is 232. The van der Waals surface area contributed by atoms with Crippen molar-refractivity contribution in [3.8, 4) is 0 Å². The first-order chi connectivity index (χ1) is 59.5. The minimum Gasteiger partial charge on any atom is -0.394 e. The van der Waals surface area contributed by atoms with Gasteiger partial charge in [-0.3, -0.25) is 14.4 Å². The van der Waals surface area contributed by atoms with Gasteiger partial charge in [0.15, 0.2) is 44.0 Å². The molecule has 40 heteroatoms. The van der Waals surface area contributed by atoms with Gasteiger partial charge in [0.2, 0.25) is 17.7 Å². The molecule has 3 amide bonds. The summed E-state index contributed by atoms with van der Waals surface area (Å²) in [6, 6.07) is -4.67. The SMILES string of the molecule is CCCCCCCCCCCCC/C=C/[C@@H](O)[C@H](CO[C@@H]1OC(CO)[C@@H](O[C@@H]2OC(CO)[C@H](O[C@@H]3OC(CO)[C@H](O)[C@H](O[C@@H]4OC(CO[C@@H]5OC(CO)[C@@H](O[C@@H]6OC(CO)[C@H](O)[C@H](O)C6O)[C@H](O[C@H]6C(O)[C@H](O)C(C)O[C@H]6O)C5NC(C)=O)[C@H](O)[C@H](O)C4NC(C)=O)C3O)[C@H](O)C2O)[C@H](O)C1O)NC(=O)CCCCCCCCCCCCCCCCCCC. The van der Waals surface area contributed by atoms with E-state index in [4.69, 9.17) is 66.3 Å². The molecule has 23 N–H and O–H groups in total. The fourth-order valence-corrected chi connectivity index (χ4v) is 16.8. The lowest BCUT2D eigenvalue weighted by Gasteiger charge is -2.51. The molecule has 7 rings (SSSR count). The topological polar surface area (TPSA) is 621 Å². The summed E-state index contributed by atoms with van der Waals surface area (Å²) < 4.78 is 83.2. The van der Waals surface area contributed by atoms with Crippen LogP contribution in [0.1, 0.15) is 227 Å². The van der Waals surface area contributed by atoms with Crippen LogP contribution in [0.5, 0.6) is 0 Å². The maximum absolute atomic E-state index is 13.6. The molecule has 40 nitrogen and oxygen atoms in total. The second kappa shape index (κ2) is 56.6. The molecule has 0 bridgehead atoms. The third kappa shape index (κ3) is 32.0. The van der Waals surface area contributed by atoms with E-state index in [1.807, 2.05) is 6.08 Å². The summed E-state index contributed by atoms with van der Waals surface area (Å²) in [5.41, 5.74) is 0. The quantitative estimate of drug-likeness (QED) is 0.0216. The lowest BCUT2D eigenvalue weighted by atomic mass is 9.93. The van der Waals surface area contributed by atoms with Crippen LogP contribution in [0.25, 0.3) is 0 Å². The van der Waals surface area contributed by atoms with Crippen molar-refractivity contribution < 1.29 is 183 Å². The number of carbonyl (C=O) groups is 3. The van der Waals surface area contributed by atoms with Gasteiger partial charge in [0.1, 0.15) is 165 Å². The molecule has 7 aliphatic rings. The second-order valence-electron chi connectivity index (χ2n) is 34.2. The maximum Gasteiger partial charge on any atom is 0.220 e. The third-order valence-electron chi connectivity index (χ3n) is 24.3. The number of rotatable bonds is 56. The molecule has 0 aromatic carbocycles. The van der Waals surface area contributed by atoms with Gasteiger partial charge in [0.25, 0.3) is 0 Å². The molecule has 37 atom stereocenters. The van der Waals surface area contributed by atoms with Gasteiger partial charge in [-0.2, -0.15) is 0 Å². The average Bonchev–Trinajstić information content (AvgIpc) is 0.763. The highest BCUT2D eigenvalue weighted by Crippen LogP contribution is 2.39. The van der Waals surface area contributed by atoms with E-state index in [-0.39, 0.29) is 12.3 Å². The van der Waals surface area contributed by atoms with E-state index >= 15 is 0 Å². The van der Waals surface area contributed by atoms with Gasteiger partial charge < -0.3 is 184 Å². The summed E-state index contributed by atoms with van der Waals surface area (Å²) in [6.45, 7) is 1.29. The molecule has 0 aliphatic carbocycles. The van der Waals surface area contributed by atoms with Crippen molar-refractivity contribution in [2.24, 2.45) is 0 Å². The molecule has 124 heavy (non-hydrogen) atoms. The lowest BCUT2D eigenvalue weighted by Crippen LogP contribution is -2.70. The summed E-state index contributed by atoms with van der Waals surface area (Å²) in [5.74, 6) is -2.08. The minimum absolute atomic E-state index is 0.172. The molecule has 0 radical (unpaired) electrons. The molecule has 7 aliphatic heterocycles. The normalized spacial score (nSPS) is 38.5. The van der Waals surface area contributed by atoms with Crippen LogP contribution < -0.4 is 16.0 Å². The predicted octanol–water partition coefficient (Wildman–Crippen LogP) is -2.79. The number of aliphatic hydroxyl groups is 20. The van der Waals surface area contributed by atoms with Gasteiger partial charge in [0.05, 0.1) is 64.5 Å². The number of nitrogens with one attached hydrogen (secondary N) is 3. The monoisotopic (exact) mass is 1790 g/mol. The molecule has 0 spiro atoms. The fraction of sp³-hybridized carbons (Fsp3) is 0.940. The molecule has 7 saturated heterocycles. The Labute approximate surface area is 726 Å². The van der Waals surface area contributed by atoms with Gasteiger partial charge in [-0.05, 0) is 26.2 Å². The number of unbranched alkanes of at least 4 members (excludes halogenated alkanes) is 27. The Kier molecular flexibility index (Phi) is 49.2. The molecular formula is C84H151N3O37. The van der Waals surface area contributed by atoms with Gasteiger partial charge in [-0.15, -0.1) is 0 Å². The van der Waals surface area contributed by atoms with Gasteiger partial charge in [0, 0.05) is 20.3 Å². The van der Waals surface area contributed by atoms with Gasteiger partial charge in [-0.1, -0.05) is 193 Å². The number of hydrogen-bond donors (Lipinski definition) is 23. The Morgan fingerprint density at radius 2 is 0.734 bits per heavy atom. The highest BCUT2D eigenvalue weighted by atomic mass is 16.8. The summed E-state index contributed by atoms with van der Waals surface area (Å²) in [6.07, 6.45) is -27.9. The Bertz CT molecular complexity index is 2950. The van der Waals surface area contributed by atoms with Crippen molar-refractivity contribution in [2.75, 3.05) is 46.2 Å². The zero-order chi connectivity index (χ0) is 90.7. The van der Waals surface area contributed by atoms with Gasteiger partial charge in [-0.25, -0.2) is 0 Å². The third-order valence-corrected chi connectivity index (χ3v) is 24.3. The highest BCUT2D eigenvalue weighted by Gasteiger charge is 2.59. The summed E-state index contributed by atoms with van der Waals surface area (Å²) >= 11 is 0. The van der Waals surface area contributed by atoms with E-state index in [1.54, 1.807) is 6.08 Å². The van der Waals surface area contributed by atoms with Gasteiger partial charge >= 0.3 is 0 Å². The van der Waals surface area contributed by atoms with Crippen molar-refractivity contribution in [3.63, 3.8) is 0 Å². The molecular weight excluding hydrogens is 1640 g/mol. The van der Waals surface area contributed by atoms with E-state index in [0.29, 0.717) is 12.8 Å². The highest BCUT2D eigenvalue weighted by molar-refractivity contribution is 5.76. The van der Waals surface area contributed by atoms with E-state index in [2.05, 4.69) is 29.8 Å². The smallest absolute Gasteiger partial charge is 0.220 e. The standard InChI is InChI=1S/C84H151N3O37/c1-6-8-10-12-14-16-18-20-21-22-23-25-27-29-31-33-35-37-56(96)87-48(49(95)36-34-32-30-28-26-24-19-17-15-13-11-9-7-2)43-111-81-69(107)66(104)72(52(40-90)117-81)121-83-70(108)67(105)73(53(41-91)118-83)122-84-71(109)76(62(100)51(39-89)115-84)124-80-57(85-46(4)93)63(101)61(99)55(119-80)44-112-79-58(86-47(5)94)75(120-77-65(103)59(97)45(3)113-78(77)110)74(54(42-92)116-79)123-82-68(106)64(102)60(98)50(38-88)114-82/h34,36,45,48-55,57-84,88-92,95,97-110H,6-33,35,37-44H2,1-5H3,(H,85,93)(H,86,94)(H,87,96)/b36-34+/t45?,48-,49+,50?,51?,52?,53?,54?,55?,57?,58?,59+,60-,61-,62-,63+,64-,65?,66+,67+,68?,69?,70?,71?,72+,73-,74+,75+,76-,77-,78+,79+,80-,81+,82-,83-,84-/m0/s1. The second-order valence-corrected chi connectivity index (χ2v) is 34.2. The van der Waals surface area contributed by atoms with E-state index in [0.717, 1.165) is 65.2 Å². The maximum atomic E-state index is 13.6. The van der Waals surface area contributed by atoms with Crippen LogP contribution >= 0.6 is 0 Å². The van der Waals surface area contributed by atoms with Crippen molar-refractivity contribution in [1.29, 1.82) is 0 Å². The fourth-order valence-electron chi connectivity index (χ4n) is 16.8. The molecule has 0 aromatic rings. The largest absolute Gasteiger partial charge is 0.394 e. The first-order valence-corrected chi connectivity index (χ1v) is 45.3. The van der Waals surface area contributed by atoms with E-state index in [1.165, 1.54) is 129 Å². The number of hydrogen-bond acceptors (Lipinski definition) is 37. The van der Waals surface area contributed by atoms with Crippen LogP contribution in [0.4, 0.5) is 0 Å². The number of ether oxygens (including phenoxy) is 14. The molecule has 0 saturated carbocycles. The number of aliphatic hydroxyl groups excluding tert-OH is 20. The van der Waals surface area contributed by atoms with Crippen LogP contribution in [0.3, 0.4) is 0 Å². The molecule has 0 aromatic heterocycles. The van der Waals surface area contributed by atoms with E-state index in [9.17, 15) is 117 Å². The van der Waals surface area contributed by atoms with Crippen LogP contribution in [-0.4, -0.2) is 393 Å². The number of carbonyl (C=O) groups excluding carboxylic acids is 3. The first-order valence-electron chi connectivity index (χ1n) is 45.3. The van der Waals surface area contributed by atoms with E-state index < -0.39 is 285 Å². The van der Waals surface area contributed by atoms with Crippen molar-refractivity contribution in [3.05, 3.63) is 12.2 Å². The Morgan fingerprint density at radius 1 is 0.347 bits per heavy atom. The van der Waals surface area contributed by atoms with Crippen molar-refractivity contribution >= 4 is 17.7 Å². The Morgan fingerprint density at radius 3 is 1.23 bits per heavy atom. The van der Waals surface area contributed by atoms with Crippen LogP contribution in [0.2, 0.25) is 0 Å².